The zero-order valence-corrected chi connectivity index (χ0v) is 14.0. The van der Waals surface area contributed by atoms with Crippen molar-refractivity contribution in [3.05, 3.63) is 76.4 Å². The number of amides is 1. The fourth-order valence-electron chi connectivity index (χ4n) is 2.53. The largest absolute Gasteiger partial charge is 0.407 e. The van der Waals surface area contributed by atoms with E-state index >= 15 is 0 Å². The molecule has 0 saturated carbocycles. The minimum absolute atomic E-state index is 0.0619. The van der Waals surface area contributed by atoms with E-state index in [0.717, 1.165) is 11.1 Å². The SMILES string of the molecule is Cc1ccc(Cc2nnc(NC(=O)Cc3ccc(F)cc3)o2)c(C)c1. The Morgan fingerprint density at radius 1 is 1.12 bits per heavy atom. The maximum Gasteiger partial charge on any atom is 0.322 e. The molecular weight excluding hydrogens is 321 g/mol. The molecule has 0 aliphatic heterocycles. The number of hydrogen-bond donors (Lipinski definition) is 1. The van der Waals surface area contributed by atoms with Crippen LogP contribution in [-0.2, 0) is 17.6 Å². The lowest BCUT2D eigenvalue weighted by Gasteiger charge is -2.04. The van der Waals surface area contributed by atoms with Gasteiger partial charge in [0.25, 0.3) is 0 Å². The standard InChI is InChI=1S/C19H18FN3O2/c1-12-3-6-15(13(2)9-12)11-18-22-23-19(25-18)21-17(24)10-14-4-7-16(20)8-5-14/h3-9H,10-11H2,1-2H3,(H,21,23,24). The average molecular weight is 339 g/mol. The van der Waals surface area contributed by atoms with Gasteiger partial charge in [0.05, 0.1) is 12.8 Å². The van der Waals surface area contributed by atoms with E-state index in [1.165, 1.54) is 17.7 Å². The third-order valence-corrected chi connectivity index (χ3v) is 3.83. The number of rotatable bonds is 5. The summed E-state index contributed by atoms with van der Waals surface area (Å²) >= 11 is 0. The normalized spacial score (nSPS) is 10.7. The molecule has 128 valence electrons. The Hall–Kier alpha value is -3.02. The van der Waals surface area contributed by atoms with Crippen LogP contribution in [0.3, 0.4) is 0 Å². The fourth-order valence-corrected chi connectivity index (χ4v) is 2.53. The molecule has 1 N–H and O–H groups in total. The summed E-state index contributed by atoms with van der Waals surface area (Å²) in [5.41, 5.74) is 4.15. The topological polar surface area (TPSA) is 68.0 Å². The summed E-state index contributed by atoms with van der Waals surface area (Å²) in [7, 11) is 0. The Morgan fingerprint density at radius 3 is 2.60 bits per heavy atom. The Bertz CT molecular complexity index is 888. The first kappa shape index (κ1) is 16.8. The van der Waals surface area contributed by atoms with E-state index in [1.807, 2.05) is 26.0 Å². The number of aryl methyl sites for hydroxylation is 2. The summed E-state index contributed by atoms with van der Waals surface area (Å²) in [6.07, 6.45) is 0.613. The molecule has 0 radical (unpaired) electrons. The number of carbonyl (C=O) groups excluding carboxylic acids is 1. The van der Waals surface area contributed by atoms with Crippen molar-refractivity contribution in [1.82, 2.24) is 10.2 Å². The van der Waals surface area contributed by atoms with E-state index in [-0.39, 0.29) is 24.2 Å². The first-order valence-corrected chi connectivity index (χ1v) is 7.92. The zero-order valence-electron chi connectivity index (χ0n) is 14.0. The average Bonchev–Trinajstić information content (AvgIpc) is 2.99. The summed E-state index contributed by atoms with van der Waals surface area (Å²) in [6, 6.07) is 12.0. The molecule has 0 bridgehead atoms. The Balaban J connectivity index is 1.61. The fraction of sp³-hybridized carbons (Fsp3) is 0.211. The number of benzene rings is 2. The molecule has 3 rings (SSSR count). The molecule has 0 atom stereocenters. The molecule has 0 spiro atoms. The zero-order chi connectivity index (χ0) is 17.8. The van der Waals surface area contributed by atoms with Gasteiger partial charge in [-0.15, -0.1) is 5.10 Å². The highest BCUT2D eigenvalue weighted by atomic mass is 19.1. The van der Waals surface area contributed by atoms with E-state index in [0.29, 0.717) is 17.9 Å². The quantitative estimate of drug-likeness (QED) is 0.771. The van der Waals surface area contributed by atoms with Crippen molar-refractivity contribution in [2.45, 2.75) is 26.7 Å². The highest BCUT2D eigenvalue weighted by molar-refractivity contribution is 5.90. The van der Waals surface area contributed by atoms with Gasteiger partial charge in [-0.2, -0.15) is 0 Å². The molecule has 6 heteroatoms. The molecule has 0 unspecified atom stereocenters. The molecule has 0 aliphatic rings. The van der Waals surface area contributed by atoms with Crippen LogP contribution in [0, 0.1) is 19.7 Å². The van der Waals surface area contributed by atoms with Crippen molar-refractivity contribution in [3.63, 3.8) is 0 Å². The van der Waals surface area contributed by atoms with Crippen molar-refractivity contribution >= 4 is 11.9 Å². The van der Waals surface area contributed by atoms with Crippen LogP contribution in [0.25, 0.3) is 0 Å². The molecule has 0 saturated heterocycles. The molecule has 0 aliphatic carbocycles. The minimum Gasteiger partial charge on any atom is -0.407 e. The second kappa shape index (κ2) is 7.25. The second-order valence-corrected chi connectivity index (χ2v) is 5.96. The van der Waals surface area contributed by atoms with Gasteiger partial charge in [-0.25, -0.2) is 4.39 Å². The van der Waals surface area contributed by atoms with Gasteiger partial charge in [0.2, 0.25) is 11.8 Å². The predicted octanol–water partition coefficient (Wildman–Crippen LogP) is 3.60. The van der Waals surface area contributed by atoms with Gasteiger partial charge in [0.15, 0.2) is 0 Å². The molecule has 1 aromatic heterocycles. The van der Waals surface area contributed by atoms with Crippen molar-refractivity contribution in [2.24, 2.45) is 0 Å². The lowest BCUT2D eigenvalue weighted by atomic mass is 10.0. The van der Waals surface area contributed by atoms with Crippen molar-refractivity contribution < 1.29 is 13.6 Å². The predicted molar refractivity (Wildman–Crippen MR) is 91.8 cm³/mol. The summed E-state index contributed by atoms with van der Waals surface area (Å²) < 4.78 is 18.4. The minimum atomic E-state index is -0.336. The molecular formula is C19H18FN3O2. The molecule has 1 heterocycles. The van der Waals surface area contributed by atoms with E-state index in [1.54, 1.807) is 12.1 Å². The monoisotopic (exact) mass is 339 g/mol. The molecule has 0 fully saturated rings. The van der Waals surface area contributed by atoms with E-state index in [4.69, 9.17) is 4.42 Å². The number of carbonyl (C=O) groups is 1. The number of aromatic nitrogens is 2. The van der Waals surface area contributed by atoms with Crippen LogP contribution in [0.4, 0.5) is 10.4 Å². The van der Waals surface area contributed by atoms with E-state index in [2.05, 4.69) is 21.6 Å². The van der Waals surface area contributed by atoms with Crippen LogP contribution in [-0.4, -0.2) is 16.1 Å². The molecule has 2 aromatic carbocycles. The van der Waals surface area contributed by atoms with Gasteiger partial charge < -0.3 is 4.42 Å². The van der Waals surface area contributed by atoms with Crippen LogP contribution in [0.15, 0.2) is 46.9 Å². The van der Waals surface area contributed by atoms with Gasteiger partial charge >= 0.3 is 6.01 Å². The Labute approximate surface area is 144 Å². The molecule has 1 amide bonds. The van der Waals surface area contributed by atoms with Crippen molar-refractivity contribution in [1.29, 1.82) is 0 Å². The summed E-state index contributed by atoms with van der Waals surface area (Å²) in [6.45, 7) is 4.07. The molecule has 25 heavy (non-hydrogen) atoms. The second-order valence-electron chi connectivity index (χ2n) is 5.96. The number of hydrogen-bond acceptors (Lipinski definition) is 4. The maximum absolute atomic E-state index is 12.9. The highest BCUT2D eigenvalue weighted by Crippen LogP contribution is 2.16. The first-order valence-electron chi connectivity index (χ1n) is 7.92. The maximum atomic E-state index is 12.9. The van der Waals surface area contributed by atoms with Crippen LogP contribution in [0.5, 0.6) is 0 Å². The third-order valence-electron chi connectivity index (χ3n) is 3.83. The first-order chi connectivity index (χ1) is 12.0. The van der Waals surface area contributed by atoms with Crippen LogP contribution in [0.1, 0.15) is 28.1 Å². The van der Waals surface area contributed by atoms with Gasteiger partial charge in [-0.1, -0.05) is 41.0 Å². The molecule has 3 aromatic rings. The highest BCUT2D eigenvalue weighted by Gasteiger charge is 2.12. The lowest BCUT2D eigenvalue weighted by molar-refractivity contribution is -0.115. The summed E-state index contributed by atoms with van der Waals surface area (Å²) in [5, 5.41) is 10.4. The summed E-state index contributed by atoms with van der Waals surface area (Å²) in [5.74, 6) is -0.200. The van der Waals surface area contributed by atoms with Crippen LogP contribution in [0.2, 0.25) is 0 Å². The van der Waals surface area contributed by atoms with Gasteiger partial charge in [0.1, 0.15) is 5.82 Å². The van der Waals surface area contributed by atoms with Gasteiger partial charge in [-0.3, -0.25) is 10.1 Å². The third kappa shape index (κ3) is 4.50. The van der Waals surface area contributed by atoms with Gasteiger partial charge in [0, 0.05) is 0 Å². The summed E-state index contributed by atoms with van der Waals surface area (Å²) in [4.78, 5) is 12.0. The smallest absolute Gasteiger partial charge is 0.322 e. The number of nitrogens with zero attached hydrogens (tertiary/aromatic N) is 2. The van der Waals surface area contributed by atoms with Crippen molar-refractivity contribution in [3.8, 4) is 0 Å². The molecule has 5 nitrogen and oxygen atoms in total. The van der Waals surface area contributed by atoms with E-state index in [9.17, 15) is 9.18 Å². The van der Waals surface area contributed by atoms with E-state index < -0.39 is 0 Å². The van der Waals surface area contributed by atoms with Gasteiger partial charge in [-0.05, 0) is 42.7 Å². The van der Waals surface area contributed by atoms with Crippen molar-refractivity contribution in [2.75, 3.05) is 5.32 Å². The number of anilines is 1. The number of halogens is 1. The van der Waals surface area contributed by atoms with Crippen LogP contribution >= 0.6 is 0 Å². The van der Waals surface area contributed by atoms with Crippen LogP contribution < -0.4 is 5.32 Å². The number of nitrogens with one attached hydrogen (secondary N) is 1. The lowest BCUT2D eigenvalue weighted by Crippen LogP contribution is -2.14. The Kier molecular flexibility index (Phi) is 4.88. The Morgan fingerprint density at radius 2 is 1.88 bits per heavy atom.